The van der Waals surface area contributed by atoms with Gasteiger partial charge < -0.3 is 15.7 Å². The summed E-state index contributed by atoms with van der Waals surface area (Å²) in [6, 6.07) is 19.5. The fourth-order valence-corrected chi connectivity index (χ4v) is 6.24. The predicted octanol–water partition coefficient (Wildman–Crippen LogP) is 6.44. The number of ketones is 1. The van der Waals surface area contributed by atoms with E-state index in [1.807, 2.05) is 38.1 Å². The number of Topliss-reactive ketones (excluding diaryl/α,β-unsaturated/α-hetero) is 1. The second-order valence-electron chi connectivity index (χ2n) is 10.1. The molecule has 4 rings (SSSR count). The molecule has 3 aromatic carbocycles. The zero-order valence-electron chi connectivity index (χ0n) is 22.1. The van der Waals surface area contributed by atoms with Crippen LogP contribution in [0.5, 0.6) is 0 Å². The minimum atomic E-state index is -1.77. The van der Waals surface area contributed by atoms with Gasteiger partial charge in [-0.3, -0.25) is 14.4 Å². The molecule has 3 aromatic rings. The van der Waals surface area contributed by atoms with Crippen LogP contribution in [0, 0.1) is 11.8 Å². The predicted molar refractivity (Wildman–Crippen MR) is 155 cm³/mol. The zero-order valence-corrected chi connectivity index (χ0v) is 23.6. The molecular formula is C31H32Cl2N2O4. The lowest BCUT2D eigenvalue weighted by molar-refractivity contribution is -0.150. The molecule has 0 spiro atoms. The standard InChI is InChI=1S/C31H32Cl2N2O4/c1-4-18-11-6-8-15-22(18)34-29(37)26-24(36)17-31(3,39)28(27(26)25-20(32)13-10-14-21(25)33)30(38)35-23-16-9-7-12-19(23)5-2/h6-16,26-28,39H,4-5,17H2,1-3H3,(H,34,37)(H,35,38). The second-order valence-corrected chi connectivity index (χ2v) is 10.9. The van der Waals surface area contributed by atoms with Gasteiger partial charge in [0.25, 0.3) is 0 Å². The Bertz CT molecular complexity index is 1380. The molecule has 4 unspecified atom stereocenters. The van der Waals surface area contributed by atoms with Crippen molar-refractivity contribution in [3.8, 4) is 0 Å². The minimum absolute atomic E-state index is 0.205. The van der Waals surface area contributed by atoms with Crippen LogP contribution in [-0.4, -0.2) is 28.3 Å². The third kappa shape index (κ3) is 5.88. The van der Waals surface area contributed by atoms with Gasteiger partial charge in [-0.2, -0.15) is 0 Å². The Morgan fingerprint density at radius 2 is 1.33 bits per heavy atom. The Hall–Kier alpha value is -3.19. The molecule has 0 saturated heterocycles. The van der Waals surface area contributed by atoms with Crippen LogP contribution < -0.4 is 10.6 Å². The van der Waals surface area contributed by atoms with E-state index in [-0.39, 0.29) is 22.0 Å². The number of hydrogen-bond donors (Lipinski definition) is 3. The van der Waals surface area contributed by atoms with E-state index in [4.69, 9.17) is 23.2 Å². The van der Waals surface area contributed by atoms with Crippen molar-refractivity contribution in [3.05, 3.63) is 93.5 Å². The summed E-state index contributed by atoms with van der Waals surface area (Å²) in [5.41, 5.74) is 1.50. The van der Waals surface area contributed by atoms with Gasteiger partial charge >= 0.3 is 0 Å². The molecule has 0 heterocycles. The van der Waals surface area contributed by atoms with Crippen molar-refractivity contribution in [1.82, 2.24) is 0 Å². The van der Waals surface area contributed by atoms with Gasteiger partial charge in [-0.05, 0) is 60.7 Å². The maximum atomic E-state index is 14.0. The number of hydrogen-bond acceptors (Lipinski definition) is 4. The Labute approximate surface area is 238 Å². The van der Waals surface area contributed by atoms with E-state index >= 15 is 0 Å². The van der Waals surface area contributed by atoms with Gasteiger partial charge in [0.1, 0.15) is 11.7 Å². The molecule has 1 aliphatic rings. The van der Waals surface area contributed by atoms with Gasteiger partial charge in [0.2, 0.25) is 11.8 Å². The number of aryl methyl sites for hydroxylation is 2. The molecule has 4 atom stereocenters. The van der Waals surface area contributed by atoms with Crippen molar-refractivity contribution >= 4 is 52.2 Å². The summed E-state index contributed by atoms with van der Waals surface area (Å²) in [4.78, 5) is 41.4. The highest BCUT2D eigenvalue weighted by molar-refractivity contribution is 6.36. The van der Waals surface area contributed by atoms with Crippen LogP contribution in [0.25, 0.3) is 0 Å². The molecule has 2 amide bonds. The Morgan fingerprint density at radius 1 is 0.846 bits per heavy atom. The highest BCUT2D eigenvalue weighted by Crippen LogP contribution is 2.50. The first-order valence-corrected chi connectivity index (χ1v) is 13.8. The molecule has 0 radical (unpaired) electrons. The topological polar surface area (TPSA) is 95.5 Å². The van der Waals surface area contributed by atoms with Crippen LogP contribution in [-0.2, 0) is 27.2 Å². The highest BCUT2D eigenvalue weighted by atomic mass is 35.5. The van der Waals surface area contributed by atoms with Gasteiger partial charge in [0, 0.05) is 33.8 Å². The number of nitrogens with one attached hydrogen (secondary N) is 2. The number of benzene rings is 3. The average Bonchev–Trinajstić information content (AvgIpc) is 2.88. The quantitative estimate of drug-likeness (QED) is 0.287. The maximum Gasteiger partial charge on any atom is 0.235 e. The van der Waals surface area contributed by atoms with Crippen molar-refractivity contribution < 1.29 is 19.5 Å². The van der Waals surface area contributed by atoms with E-state index in [9.17, 15) is 19.5 Å². The second kappa shape index (κ2) is 11.9. The first-order chi connectivity index (χ1) is 18.6. The molecule has 0 aliphatic heterocycles. The fourth-order valence-electron chi connectivity index (χ4n) is 5.59. The number of rotatable bonds is 7. The van der Waals surface area contributed by atoms with Crippen LogP contribution in [0.4, 0.5) is 11.4 Å². The maximum absolute atomic E-state index is 14.0. The van der Waals surface area contributed by atoms with Gasteiger partial charge in [-0.1, -0.05) is 79.5 Å². The fraction of sp³-hybridized carbons (Fsp3) is 0.323. The van der Waals surface area contributed by atoms with E-state index < -0.39 is 41.0 Å². The minimum Gasteiger partial charge on any atom is -0.389 e. The summed E-state index contributed by atoms with van der Waals surface area (Å²) in [5.74, 6) is -5.25. The van der Waals surface area contributed by atoms with Gasteiger partial charge in [0.05, 0.1) is 11.5 Å². The molecular weight excluding hydrogens is 535 g/mol. The molecule has 1 aliphatic carbocycles. The largest absolute Gasteiger partial charge is 0.389 e. The van der Waals surface area contributed by atoms with Crippen LogP contribution in [0.3, 0.4) is 0 Å². The molecule has 8 heteroatoms. The van der Waals surface area contributed by atoms with Crippen LogP contribution >= 0.6 is 23.2 Å². The zero-order chi connectivity index (χ0) is 28.3. The lowest BCUT2D eigenvalue weighted by atomic mass is 9.61. The van der Waals surface area contributed by atoms with Crippen molar-refractivity contribution in [2.75, 3.05) is 10.6 Å². The number of anilines is 2. The van der Waals surface area contributed by atoms with E-state index in [0.717, 1.165) is 11.1 Å². The molecule has 204 valence electrons. The third-order valence-electron chi connectivity index (χ3n) is 7.48. The van der Waals surface area contributed by atoms with Gasteiger partial charge in [-0.25, -0.2) is 0 Å². The number of amides is 2. The summed E-state index contributed by atoms with van der Waals surface area (Å²) >= 11 is 13.2. The van der Waals surface area contributed by atoms with Crippen molar-refractivity contribution in [2.24, 2.45) is 11.8 Å². The summed E-state index contributed by atoms with van der Waals surface area (Å²) < 4.78 is 0. The Morgan fingerprint density at radius 3 is 1.85 bits per heavy atom. The molecule has 1 fully saturated rings. The Balaban J connectivity index is 1.84. The number of carbonyl (C=O) groups is 3. The summed E-state index contributed by atoms with van der Waals surface area (Å²) in [7, 11) is 0. The first-order valence-electron chi connectivity index (χ1n) is 13.1. The third-order valence-corrected chi connectivity index (χ3v) is 8.14. The van der Waals surface area contributed by atoms with Crippen molar-refractivity contribution in [1.29, 1.82) is 0 Å². The molecule has 3 N–H and O–H groups in total. The van der Waals surface area contributed by atoms with E-state index in [2.05, 4.69) is 10.6 Å². The van der Waals surface area contributed by atoms with Crippen molar-refractivity contribution in [3.63, 3.8) is 0 Å². The smallest absolute Gasteiger partial charge is 0.235 e. The van der Waals surface area contributed by atoms with E-state index in [1.54, 1.807) is 42.5 Å². The van der Waals surface area contributed by atoms with Gasteiger partial charge in [-0.15, -0.1) is 0 Å². The monoisotopic (exact) mass is 566 g/mol. The molecule has 6 nitrogen and oxygen atoms in total. The summed E-state index contributed by atoms with van der Waals surface area (Å²) in [5, 5.41) is 17.8. The number of halogens is 2. The van der Waals surface area contributed by atoms with E-state index in [0.29, 0.717) is 24.2 Å². The van der Waals surface area contributed by atoms with E-state index in [1.165, 1.54) is 6.92 Å². The van der Waals surface area contributed by atoms with Crippen LogP contribution in [0.15, 0.2) is 66.7 Å². The summed E-state index contributed by atoms with van der Waals surface area (Å²) in [6.07, 6.45) is 0.968. The number of aliphatic hydroxyl groups is 1. The number of para-hydroxylation sites is 2. The lowest BCUT2D eigenvalue weighted by Crippen LogP contribution is -2.56. The molecule has 0 aromatic heterocycles. The number of carbonyl (C=O) groups excluding carboxylic acids is 3. The normalized spacial score (nSPS) is 22.8. The first kappa shape index (κ1) is 28.8. The van der Waals surface area contributed by atoms with Gasteiger partial charge in [0.15, 0.2) is 0 Å². The average molecular weight is 568 g/mol. The molecule has 1 saturated carbocycles. The summed E-state index contributed by atoms with van der Waals surface area (Å²) in [6.45, 7) is 5.38. The lowest BCUT2D eigenvalue weighted by Gasteiger charge is -2.45. The van der Waals surface area contributed by atoms with Crippen molar-refractivity contribution in [2.45, 2.75) is 51.6 Å². The Kier molecular flexibility index (Phi) is 8.80. The SMILES string of the molecule is CCc1ccccc1NC(=O)C1C(=O)CC(C)(O)C(C(=O)Nc2ccccc2CC)C1c1c(Cl)cccc1Cl. The van der Waals surface area contributed by atoms with Crippen LogP contribution in [0.2, 0.25) is 10.0 Å². The molecule has 0 bridgehead atoms. The highest BCUT2D eigenvalue weighted by Gasteiger charge is 2.56. The molecule has 39 heavy (non-hydrogen) atoms. The van der Waals surface area contributed by atoms with Crippen LogP contribution in [0.1, 0.15) is 49.8 Å².